The van der Waals surface area contributed by atoms with Crippen molar-refractivity contribution in [1.29, 1.82) is 0 Å². The van der Waals surface area contributed by atoms with Gasteiger partial charge in [0.05, 0.1) is 23.3 Å². The Morgan fingerprint density at radius 3 is 2.48 bits per heavy atom. The number of carbonyl (C=O) groups excluding carboxylic acids is 3. The number of fused-ring (bicyclic) bond motifs is 2. The van der Waals surface area contributed by atoms with Crippen LogP contribution in [0.25, 0.3) is 10.9 Å². The van der Waals surface area contributed by atoms with Gasteiger partial charge in [-0.05, 0) is 88.2 Å². The average Bonchev–Trinajstić information content (AvgIpc) is 3.57. The summed E-state index contributed by atoms with van der Waals surface area (Å²) in [5.74, 6) is -0.148. The maximum atomic E-state index is 14.2. The second kappa shape index (κ2) is 13.4. The third-order valence-corrected chi connectivity index (χ3v) is 10.8. The lowest BCUT2D eigenvalue weighted by Gasteiger charge is -2.41. The molecule has 5 heterocycles. The standard InChI is InChI=1S/C36H46N6O4/c1-24-19-25(21-28-23-37-39-33(24)28)20-27(35(44)42-17-11-29(12-18-42)40-13-5-2-6-14-40)22-32(43)41-15-9-26(10-16-41)34-30-7-3-4-8-31(30)38-36(45)46-34/h3-4,7-8,19,21,23,26-27,29,34H,2,5-6,9-18,20,22H2,1H3,(H,37,39)(H,38,45). The van der Waals surface area contributed by atoms with Gasteiger partial charge in [-0.3, -0.25) is 20.0 Å². The van der Waals surface area contributed by atoms with Gasteiger partial charge in [0.1, 0.15) is 6.10 Å². The first-order valence-corrected chi connectivity index (χ1v) is 17.2. The van der Waals surface area contributed by atoms with Crippen LogP contribution >= 0.6 is 0 Å². The molecule has 2 atom stereocenters. The van der Waals surface area contributed by atoms with Crippen molar-refractivity contribution in [2.45, 2.75) is 76.9 Å². The highest BCUT2D eigenvalue weighted by molar-refractivity contribution is 5.88. The molecule has 4 aliphatic rings. The number of nitrogens with one attached hydrogen (secondary N) is 2. The van der Waals surface area contributed by atoms with Crippen LogP contribution in [0.5, 0.6) is 0 Å². The Balaban J connectivity index is 1.02. The van der Waals surface area contributed by atoms with E-state index in [0.29, 0.717) is 25.6 Å². The second-order valence-corrected chi connectivity index (χ2v) is 13.8. The van der Waals surface area contributed by atoms with E-state index in [9.17, 15) is 14.4 Å². The van der Waals surface area contributed by atoms with Crippen LogP contribution in [0.4, 0.5) is 10.5 Å². The lowest BCUT2D eigenvalue weighted by molar-refractivity contribution is -0.143. The highest BCUT2D eigenvalue weighted by Gasteiger charge is 2.37. The maximum absolute atomic E-state index is 14.2. The highest BCUT2D eigenvalue weighted by Crippen LogP contribution is 2.40. The number of hydrogen-bond acceptors (Lipinski definition) is 6. The van der Waals surface area contributed by atoms with Crippen molar-refractivity contribution in [3.8, 4) is 0 Å². The molecule has 0 spiro atoms. The monoisotopic (exact) mass is 626 g/mol. The molecule has 1 aromatic heterocycles. The summed E-state index contributed by atoms with van der Waals surface area (Å²) < 4.78 is 5.74. The molecular weight excluding hydrogens is 580 g/mol. The summed E-state index contributed by atoms with van der Waals surface area (Å²) >= 11 is 0. The van der Waals surface area contributed by atoms with Crippen molar-refractivity contribution in [2.75, 3.05) is 44.6 Å². The van der Waals surface area contributed by atoms with Gasteiger partial charge >= 0.3 is 6.09 Å². The fraction of sp³-hybridized carbons (Fsp3) is 0.556. The van der Waals surface area contributed by atoms with Crippen molar-refractivity contribution in [3.63, 3.8) is 0 Å². The van der Waals surface area contributed by atoms with Crippen LogP contribution < -0.4 is 5.32 Å². The molecule has 2 aromatic carbocycles. The minimum atomic E-state index is -0.424. The number of amides is 3. The molecule has 3 fully saturated rings. The number of aryl methyl sites for hydroxylation is 1. The molecule has 0 radical (unpaired) electrons. The lowest BCUT2D eigenvalue weighted by Crippen LogP contribution is -2.50. The van der Waals surface area contributed by atoms with Gasteiger partial charge in [0.15, 0.2) is 0 Å². The SMILES string of the molecule is Cc1cc(CC(CC(=O)N2CCC(C3OC(=O)Nc4ccccc43)CC2)C(=O)N2CCC(N3CCCCC3)CC2)cc2cn[nH]c12. The van der Waals surface area contributed by atoms with Crippen molar-refractivity contribution < 1.29 is 19.1 Å². The predicted molar refractivity (Wildman–Crippen MR) is 176 cm³/mol. The summed E-state index contributed by atoms with van der Waals surface area (Å²) in [7, 11) is 0. The molecule has 0 aliphatic carbocycles. The van der Waals surface area contributed by atoms with Crippen LogP contribution in [0.1, 0.15) is 74.2 Å². The van der Waals surface area contributed by atoms with E-state index in [4.69, 9.17) is 4.74 Å². The first kappa shape index (κ1) is 30.7. The van der Waals surface area contributed by atoms with Crippen molar-refractivity contribution in [2.24, 2.45) is 11.8 Å². The van der Waals surface area contributed by atoms with Crippen molar-refractivity contribution in [3.05, 3.63) is 59.3 Å². The van der Waals surface area contributed by atoms with Crippen LogP contribution in [0.2, 0.25) is 0 Å². The van der Waals surface area contributed by atoms with Gasteiger partial charge in [-0.2, -0.15) is 5.10 Å². The number of aromatic amines is 1. The van der Waals surface area contributed by atoms with E-state index in [1.54, 1.807) is 0 Å². The Kier molecular flexibility index (Phi) is 8.97. The zero-order valence-corrected chi connectivity index (χ0v) is 26.9. The number of likely N-dealkylation sites (tertiary alicyclic amines) is 3. The van der Waals surface area contributed by atoms with E-state index in [2.05, 4.69) is 39.5 Å². The molecule has 3 saturated heterocycles. The smallest absolute Gasteiger partial charge is 0.412 e. The Morgan fingerprint density at radius 1 is 0.957 bits per heavy atom. The van der Waals surface area contributed by atoms with E-state index in [-0.39, 0.29) is 30.3 Å². The minimum absolute atomic E-state index is 0.0313. The third kappa shape index (κ3) is 6.49. The Hall–Kier alpha value is -3.92. The third-order valence-electron chi connectivity index (χ3n) is 10.8. The summed E-state index contributed by atoms with van der Waals surface area (Å²) in [5.41, 5.74) is 4.95. The first-order valence-electron chi connectivity index (χ1n) is 17.2. The number of ether oxygens (including phenoxy) is 1. The van der Waals surface area contributed by atoms with E-state index in [1.165, 1.54) is 32.4 Å². The molecule has 4 aliphatic heterocycles. The molecule has 0 saturated carbocycles. The Bertz CT molecular complexity index is 1570. The molecule has 7 rings (SSSR count). The summed E-state index contributed by atoms with van der Waals surface area (Å²) in [6.45, 7) is 7.10. The van der Waals surface area contributed by atoms with Gasteiger partial charge in [0, 0.05) is 55.5 Å². The van der Waals surface area contributed by atoms with E-state index < -0.39 is 12.0 Å². The molecule has 3 aromatic rings. The number of aromatic nitrogens is 2. The van der Waals surface area contributed by atoms with Gasteiger partial charge in [0.25, 0.3) is 0 Å². The summed E-state index contributed by atoms with van der Waals surface area (Å²) in [6.07, 6.45) is 9.18. The number of nitrogens with zero attached hydrogens (tertiary/aromatic N) is 4. The second-order valence-electron chi connectivity index (χ2n) is 13.8. The van der Waals surface area contributed by atoms with Gasteiger partial charge in [-0.1, -0.05) is 30.7 Å². The largest absolute Gasteiger partial charge is 0.441 e. The molecule has 3 amide bonds. The number of cyclic esters (lactones) is 1. The summed E-state index contributed by atoms with van der Waals surface area (Å²) in [6, 6.07) is 12.6. The van der Waals surface area contributed by atoms with E-state index >= 15 is 0 Å². The van der Waals surface area contributed by atoms with Gasteiger partial charge in [-0.25, -0.2) is 4.79 Å². The number of rotatable bonds is 7. The topological polar surface area (TPSA) is 111 Å². The fourth-order valence-corrected chi connectivity index (χ4v) is 8.27. The van der Waals surface area contributed by atoms with Gasteiger partial charge in [0.2, 0.25) is 11.8 Å². The maximum Gasteiger partial charge on any atom is 0.412 e. The van der Waals surface area contributed by atoms with Crippen LogP contribution in [0.15, 0.2) is 42.6 Å². The van der Waals surface area contributed by atoms with Crippen LogP contribution in [0, 0.1) is 18.8 Å². The summed E-state index contributed by atoms with van der Waals surface area (Å²) in [4.78, 5) is 46.9. The molecule has 0 bridgehead atoms. The fourth-order valence-electron chi connectivity index (χ4n) is 8.27. The molecular formula is C36H46N6O4. The number of hydrogen-bond donors (Lipinski definition) is 2. The molecule has 244 valence electrons. The number of carbonyl (C=O) groups is 3. The number of piperidine rings is 3. The lowest BCUT2D eigenvalue weighted by atomic mass is 9.85. The predicted octanol–water partition coefficient (Wildman–Crippen LogP) is 5.44. The molecule has 10 heteroatoms. The highest BCUT2D eigenvalue weighted by atomic mass is 16.6. The van der Waals surface area contributed by atoms with Gasteiger partial charge < -0.3 is 19.4 Å². The van der Waals surface area contributed by atoms with Crippen molar-refractivity contribution in [1.82, 2.24) is 24.9 Å². The molecule has 46 heavy (non-hydrogen) atoms. The zero-order valence-electron chi connectivity index (χ0n) is 26.9. The Morgan fingerprint density at radius 2 is 1.70 bits per heavy atom. The average molecular weight is 627 g/mol. The molecule has 2 N–H and O–H groups in total. The van der Waals surface area contributed by atoms with E-state index in [1.807, 2.05) is 40.3 Å². The minimum Gasteiger partial charge on any atom is -0.441 e. The molecule has 10 nitrogen and oxygen atoms in total. The normalized spacial score (nSPS) is 22.3. The molecule has 2 unspecified atom stereocenters. The van der Waals surface area contributed by atoms with Crippen LogP contribution in [-0.2, 0) is 20.7 Å². The number of anilines is 1. The quantitative estimate of drug-likeness (QED) is 0.362. The van der Waals surface area contributed by atoms with Crippen LogP contribution in [-0.4, -0.2) is 88.1 Å². The van der Waals surface area contributed by atoms with Crippen molar-refractivity contribution >= 4 is 34.5 Å². The van der Waals surface area contributed by atoms with E-state index in [0.717, 1.165) is 72.1 Å². The van der Waals surface area contributed by atoms with Crippen LogP contribution in [0.3, 0.4) is 0 Å². The Labute approximate surface area is 270 Å². The number of benzene rings is 2. The zero-order chi connectivity index (χ0) is 31.6. The summed E-state index contributed by atoms with van der Waals surface area (Å²) in [5, 5.41) is 11.1. The van der Waals surface area contributed by atoms with Gasteiger partial charge in [-0.15, -0.1) is 0 Å². The number of H-pyrrole nitrogens is 1. The number of para-hydroxylation sites is 1. The first-order chi connectivity index (χ1) is 22.4.